The summed E-state index contributed by atoms with van der Waals surface area (Å²) in [6.45, 7) is 3.66. The number of hydrogen-bond donors (Lipinski definition) is 1. The van der Waals surface area contributed by atoms with Crippen molar-refractivity contribution in [3.8, 4) is 0 Å². The highest BCUT2D eigenvalue weighted by Gasteiger charge is 2.32. The summed E-state index contributed by atoms with van der Waals surface area (Å²) >= 11 is 0. The highest BCUT2D eigenvalue weighted by Crippen LogP contribution is 2.26. The van der Waals surface area contributed by atoms with E-state index < -0.39 is 0 Å². The number of carbonyl (C=O) groups is 1. The molecule has 1 aliphatic carbocycles. The van der Waals surface area contributed by atoms with Crippen molar-refractivity contribution in [2.45, 2.75) is 63.5 Å². The number of hydrogen-bond acceptors (Lipinski definition) is 3. The zero-order chi connectivity index (χ0) is 13.8. The Bertz CT molecular complexity index is 322. The van der Waals surface area contributed by atoms with Gasteiger partial charge in [0.05, 0.1) is 0 Å². The molecule has 0 aromatic carbocycles. The third-order valence-electron chi connectivity index (χ3n) is 5.11. The molecule has 1 atom stereocenters. The van der Waals surface area contributed by atoms with Crippen LogP contribution < -0.4 is 5.32 Å². The number of carbonyl (C=O) groups excluding carboxylic acids is 1. The first-order valence-corrected chi connectivity index (χ1v) is 8.43. The van der Waals surface area contributed by atoms with Crippen molar-refractivity contribution >= 4 is 5.91 Å². The zero-order valence-electron chi connectivity index (χ0n) is 12.5. The van der Waals surface area contributed by atoms with E-state index in [0.717, 1.165) is 45.1 Å². The van der Waals surface area contributed by atoms with Crippen molar-refractivity contribution in [1.82, 2.24) is 10.2 Å². The Hall–Kier alpha value is -0.610. The number of nitrogens with zero attached hydrogens (tertiary/aromatic N) is 1. The van der Waals surface area contributed by atoms with E-state index in [1.807, 2.05) is 0 Å². The first-order chi connectivity index (χ1) is 9.81. The Balaban J connectivity index is 1.44. The van der Waals surface area contributed by atoms with Gasteiger partial charge in [-0.25, -0.2) is 0 Å². The summed E-state index contributed by atoms with van der Waals surface area (Å²) in [5.74, 6) is 1.12. The molecule has 2 aliphatic heterocycles. The standard InChI is InChI=1S/C16H28N2O2/c19-16-10-15(17-14-6-8-20-9-7-14)12-18(16)11-13-4-2-1-3-5-13/h13-15,17H,1-12H2. The summed E-state index contributed by atoms with van der Waals surface area (Å²) in [7, 11) is 0. The molecule has 0 aromatic rings. The number of nitrogens with one attached hydrogen (secondary N) is 1. The molecule has 114 valence electrons. The quantitative estimate of drug-likeness (QED) is 0.855. The number of amides is 1. The number of likely N-dealkylation sites (tertiary alicyclic amines) is 1. The second-order valence-corrected chi connectivity index (χ2v) is 6.76. The molecular formula is C16H28N2O2. The molecule has 1 unspecified atom stereocenters. The van der Waals surface area contributed by atoms with E-state index in [4.69, 9.17) is 4.74 Å². The molecule has 1 N–H and O–H groups in total. The van der Waals surface area contributed by atoms with E-state index in [0.29, 0.717) is 24.4 Å². The normalized spacial score (nSPS) is 30.1. The summed E-state index contributed by atoms with van der Waals surface area (Å²) < 4.78 is 5.39. The molecule has 3 fully saturated rings. The molecule has 0 spiro atoms. The molecular weight excluding hydrogens is 252 g/mol. The van der Waals surface area contributed by atoms with Gasteiger partial charge in [0.25, 0.3) is 0 Å². The maximum Gasteiger partial charge on any atom is 0.224 e. The third-order valence-corrected chi connectivity index (χ3v) is 5.11. The largest absolute Gasteiger partial charge is 0.381 e. The summed E-state index contributed by atoms with van der Waals surface area (Å²) in [5, 5.41) is 3.67. The van der Waals surface area contributed by atoms with Crippen LogP contribution in [0.1, 0.15) is 51.4 Å². The van der Waals surface area contributed by atoms with Crippen LogP contribution in [0.15, 0.2) is 0 Å². The Morgan fingerprint density at radius 3 is 2.55 bits per heavy atom. The van der Waals surface area contributed by atoms with Gasteiger partial charge in [-0.1, -0.05) is 19.3 Å². The van der Waals surface area contributed by atoms with Gasteiger partial charge in [-0.15, -0.1) is 0 Å². The predicted octanol–water partition coefficient (Wildman–Crippen LogP) is 1.94. The molecule has 0 radical (unpaired) electrons. The molecule has 20 heavy (non-hydrogen) atoms. The van der Waals surface area contributed by atoms with Gasteiger partial charge in [-0.05, 0) is 31.6 Å². The summed E-state index contributed by atoms with van der Waals surface area (Å²) in [6, 6.07) is 0.922. The summed E-state index contributed by atoms with van der Waals surface area (Å²) in [5.41, 5.74) is 0. The van der Waals surface area contributed by atoms with Gasteiger partial charge in [0.2, 0.25) is 5.91 Å². The Kier molecular flexibility index (Phi) is 4.94. The molecule has 3 rings (SSSR count). The molecule has 1 amide bonds. The minimum atomic E-state index is 0.361. The molecule has 2 heterocycles. The fourth-order valence-corrected chi connectivity index (χ4v) is 3.94. The van der Waals surface area contributed by atoms with E-state index in [2.05, 4.69) is 10.2 Å². The Morgan fingerprint density at radius 1 is 1.05 bits per heavy atom. The summed E-state index contributed by atoms with van der Waals surface area (Å²) in [6.07, 6.45) is 9.62. The van der Waals surface area contributed by atoms with Gasteiger partial charge in [0, 0.05) is 44.8 Å². The van der Waals surface area contributed by atoms with Crippen LogP contribution in [0.25, 0.3) is 0 Å². The van der Waals surface area contributed by atoms with Crippen molar-refractivity contribution < 1.29 is 9.53 Å². The first-order valence-electron chi connectivity index (χ1n) is 8.43. The van der Waals surface area contributed by atoms with E-state index in [-0.39, 0.29) is 0 Å². The number of rotatable bonds is 4. The maximum atomic E-state index is 12.2. The minimum absolute atomic E-state index is 0.361. The fourth-order valence-electron chi connectivity index (χ4n) is 3.94. The number of ether oxygens (including phenoxy) is 1. The van der Waals surface area contributed by atoms with Crippen LogP contribution in [0.3, 0.4) is 0 Å². The second kappa shape index (κ2) is 6.90. The molecule has 2 saturated heterocycles. The predicted molar refractivity (Wildman–Crippen MR) is 78.5 cm³/mol. The lowest BCUT2D eigenvalue weighted by molar-refractivity contribution is -0.128. The van der Waals surface area contributed by atoms with Crippen molar-refractivity contribution in [2.24, 2.45) is 5.92 Å². The average molecular weight is 280 g/mol. The van der Waals surface area contributed by atoms with Crippen molar-refractivity contribution in [2.75, 3.05) is 26.3 Å². The molecule has 3 aliphatic rings. The topological polar surface area (TPSA) is 41.6 Å². The lowest BCUT2D eigenvalue weighted by Crippen LogP contribution is -2.43. The van der Waals surface area contributed by atoms with Gasteiger partial charge in [0.1, 0.15) is 0 Å². The summed E-state index contributed by atoms with van der Waals surface area (Å²) in [4.78, 5) is 14.3. The average Bonchev–Trinajstić information content (AvgIpc) is 2.81. The third kappa shape index (κ3) is 3.73. The van der Waals surface area contributed by atoms with E-state index in [9.17, 15) is 4.79 Å². The van der Waals surface area contributed by atoms with Crippen LogP contribution in [-0.4, -0.2) is 49.2 Å². The minimum Gasteiger partial charge on any atom is -0.381 e. The zero-order valence-corrected chi connectivity index (χ0v) is 12.5. The SMILES string of the molecule is O=C1CC(NC2CCOCC2)CN1CC1CCCCC1. The van der Waals surface area contributed by atoms with Crippen LogP contribution in [-0.2, 0) is 9.53 Å². The highest BCUT2D eigenvalue weighted by molar-refractivity contribution is 5.79. The van der Waals surface area contributed by atoms with E-state index >= 15 is 0 Å². The van der Waals surface area contributed by atoms with Gasteiger partial charge in [-0.3, -0.25) is 4.79 Å². The first kappa shape index (κ1) is 14.3. The Labute approximate surface area is 122 Å². The lowest BCUT2D eigenvalue weighted by Gasteiger charge is -2.28. The van der Waals surface area contributed by atoms with Crippen LogP contribution >= 0.6 is 0 Å². The smallest absolute Gasteiger partial charge is 0.224 e. The van der Waals surface area contributed by atoms with Gasteiger partial charge in [0.15, 0.2) is 0 Å². The van der Waals surface area contributed by atoms with Crippen molar-refractivity contribution in [1.29, 1.82) is 0 Å². The van der Waals surface area contributed by atoms with Crippen LogP contribution in [0.2, 0.25) is 0 Å². The van der Waals surface area contributed by atoms with Crippen LogP contribution in [0.4, 0.5) is 0 Å². The maximum absolute atomic E-state index is 12.2. The van der Waals surface area contributed by atoms with Gasteiger partial charge >= 0.3 is 0 Å². The molecule has 4 nitrogen and oxygen atoms in total. The van der Waals surface area contributed by atoms with E-state index in [1.165, 1.54) is 32.1 Å². The molecule has 0 aromatic heterocycles. The Morgan fingerprint density at radius 2 is 1.80 bits per heavy atom. The van der Waals surface area contributed by atoms with E-state index in [1.54, 1.807) is 0 Å². The van der Waals surface area contributed by atoms with Crippen LogP contribution in [0, 0.1) is 5.92 Å². The lowest BCUT2D eigenvalue weighted by atomic mass is 9.89. The monoisotopic (exact) mass is 280 g/mol. The highest BCUT2D eigenvalue weighted by atomic mass is 16.5. The second-order valence-electron chi connectivity index (χ2n) is 6.76. The molecule has 1 saturated carbocycles. The van der Waals surface area contributed by atoms with Crippen molar-refractivity contribution in [3.63, 3.8) is 0 Å². The molecule has 4 heteroatoms. The van der Waals surface area contributed by atoms with Gasteiger partial charge in [-0.2, -0.15) is 0 Å². The van der Waals surface area contributed by atoms with Crippen molar-refractivity contribution in [3.05, 3.63) is 0 Å². The molecule has 0 bridgehead atoms. The van der Waals surface area contributed by atoms with Crippen LogP contribution in [0.5, 0.6) is 0 Å². The fraction of sp³-hybridized carbons (Fsp3) is 0.938. The van der Waals surface area contributed by atoms with Gasteiger partial charge < -0.3 is 15.0 Å².